The molecular weight excluding hydrogens is 282 g/mol. The molecule has 1 amide bonds. The van der Waals surface area contributed by atoms with Gasteiger partial charge < -0.3 is 10.1 Å². The minimum absolute atomic E-state index is 0.284. The quantitative estimate of drug-likeness (QED) is 0.833. The molecule has 0 saturated heterocycles. The van der Waals surface area contributed by atoms with Gasteiger partial charge in [-0.3, -0.25) is 9.48 Å². The van der Waals surface area contributed by atoms with Crippen molar-refractivity contribution in [3.63, 3.8) is 0 Å². The number of carbonyl (C=O) groups excluding carboxylic acids is 2. The second kappa shape index (κ2) is 7.40. The molecule has 0 fully saturated rings. The molecule has 0 unspecified atom stereocenters. The average molecular weight is 301 g/mol. The Morgan fingerprint density at radius 2 is 1.91 bits per heavy atom. The van der Waals surface area contributed by atoms with E-state index < -0.39 is 0 Å². The summed E-state index contributed by atoms with van der Waals surface area (Å²) in [5.74, 6) is -0.644. The molecule has 0 radical (unpaired) electrons. The van der Waals surface area contributed by atoms with Crippen molar-refractivity contribution in [3.8, 4) is 0 Å². The van der Waals surface area contributed by atoms with Crippen molar-refractivity contribution >= 4 is 17.6 Å². The maximum atomic E-state index is 12.0. The standard InChI is InChI=1S/C16H19N3O3/c1-3-11-22-16(21)12-5-7-13(8-6-12)17-15(20)14-9-10-19(4-2)18-14/h5-10H,3-4,11H2,1-2H3,(H,17,20). The highest BCUT2D eigenvalue weighted by Gasteiger charge is 2.11. The van der Waals surface area contributed by atoms with Crippen LogP contribution in [-0.2, 0) is 11.3 Å². The van der Waals surface area contributed by atoms with Crippen LogP contribution in [0.5, 0.6) is 0 Å². The molecule has 0 aliphatic heterocycles. The molecule has 116 valence electrons. The molecule has 0 spiro atoms. The Bertz CT molecular complexity index is 647. The summed E-state index contributed by atoms with van der Waals surface area (Å²) in [4.78, 5) is 23.7. The van der Waals surface area contributed by atoms with Crippen molar-refractivity contribution in [2.24, 2.45) is 0 Å². The first kappa shape index (κ1) is 15.8. The molecule has 1 aromatic carbocycles. The molecule has 2 rings (SSSR count). The van der Waals surface area contributed by atoms with Crippen LogP contribution < -0.4 is 5.32 Å². The summed E-state index contributed by atoms with van der Waals surface area (Å²) < 4.78 is 6.73. The summed E-state index contributed by atoms with van der Waals surface area (Å²) >= 11 is 0. The lowest BCUT2D eigenvalue weighted by molar-refractivity contribution is 0.0505. The van der Waals surface area contributed by atoms with E-state index in [-0.39, 0.29) is 11.9 Å². The first-order valence-electron chi connectivity index (χ1n) is 7.26. The summed E-state index contributed by atoms with van der Waals surface area (Å²) in [6, 6.07) is 8.24. The molecule has 0 aliphatic rings. The number of anilines is 1. The molecule has 22 heavy (non-hydrogen) atoms. The Labute approximate surface area is 129 Å². The number of carbonyl (C=O) groups is 2. The maximum absolute atomic E-state index is 12.0. The molecule has 0 aliphatic carbocycles. The molecule has 0 bridgehead atoms. The van der Waals surface area contributed by atoms with E-state index in [1.165, 1.54) is 0 Å². The van der Waals surface area contributed by atoms with Gasteiger partial charge in [0.2, 0.25) is 0 Å². The molecular formula is C16H19N3O3. The molecule has 1 aromatic heterocycles. The Balaban J connectivity index is 1.98. The number of aromatic nitrogens is 2. The number of nitrogens with one attached hydrogen (secondary N) is 1. The predicted molar refractivity (Wildman–Crippen MR) is 82.9 cm³/mol. The fourth-order valence-electron chi connectivity index (χ4n) is 1.82. The number of esters is 1. The molecule has 1 N–H and O–H groups in total. The van der Waals surface area contributed by atoms with Crippen LogP contribution in [0.4, 0.5) is 5.69 Å². The minimum atomic E-state index is -0.360. The van der Waals surface area contributed by atoms with E-state index in [1.807, 2.05) is 13.8 Å². The molecule has 6 nitrogen and oxygen atoms in total. The average Bonchev–Trinajstić information content (AvgIpc) is 3.02. The van der Waals surface area contributed by atoms with Crippen molar-refractivity contribution in [1.82, 2.24) is 9.78 Å². The Morgan fingerprint density at radius 1 is 1.18 bits per heavy atom. The van der Waals surface area contributed by atoms with Crippen LogP contribution in [0.15, 0.2) is 36.5 Å². The normalized spacial score (nSPS) is 10.3. The maximum Gasteiger partial charge on any atom is 0.338 e. The van der Waals surface area contributed by atoms with Gasteiger partial charge in [0.15, 0.2) is 5.69 Å². The summed E-state index contributed by atoms with van der Waals surface area (Å²) in [7, 11) is 0. The topological polar surface area (TPSA) is 73.2 Å². The number of ether oxygens (including phenoxy) is 1. The van der Waals surface area contributed by atoms with Crippen molar-refractivity contribution in [2.45, 2.75) is 26.8 Å². The molecule has 6 heteroatoms. The second-order valence-corrected chi connectivity index (χ2v) is 4.72. The van der Waals surface area contributed by atoms with Crippen molar-refractivity contribution < 1.29 is 14.3 Å². The van der Waals surface area contributed by atoms with Gasteiger partial charge >= 0.3 is 5.97 Å². The highest BCUT2D eigenvalue weighted by Crippen LogP contribution is 2.12. The third kappa shape index (κ3) is 3.94. The third-order valence-electron chi connectivity index (χ3n) is 3.01. The van der Waals surface area contributed by atoms with Crippen LogP contribution in [0, 0.1) is 0 Å². The van der Waals surface area contributed by atoms with Crippen LogP contribution in [-0.4, -0.2) is 28.3 Å². The fraction of sp³-hybridized carbons (Fsp3) is 0.312. The van der Waals surface area contributed by atoms with Gasteiger partial charge in [-0.25, -0.2) is 4.79 Å². The van der Waals surface area contributed by atoms with Gasteiger partial charge in [0.25, 0.3) is 5.91 Å². The highest BCUT2D eigenvalue weighted by molar-refractivity contribution is 6.03. The lowest BCUT2D eigenvalue weighted by atomic mass is 10.2. The van der Waals surface area contributed by atoms with Crippen LogP contribution in [0.1, 0.15) is 41.1 Å². The van der Waals surface area contributed by atoms with E-state index in [0.717, 1.165) is 6.42 Å². The number of hydrogen-bond donors (Lipinski definition) is 1. The minimum Gasteiger partial charge on any atom is -0.462 e. The highest BCUT2D eigenvalue weighted by atomic mass is 16.5. The molecule has 2 aromatic rings. The molecule has 1 heterocycles. The van der Waals surface area contributed by atoms with Crippen LogP contribution in [0.3, 0.4) is 0 Å². The van der Waals surface area contributed by atoms with Gasteiger partial charge in [-0.1, -0.05) is 6.92 Å². The number of rotatable bonds is 6. The Hall–Kier alpha value is -2.63. The third-order valence-corrected chi connectivity index (χ3v) is 3.01. The van der Waals surface area contributed by atoms with Gasteiger partial charge in [0, 0.05) is 18.4 Å². The smallest absolute Gasteiger partial charge is 0.338 e. The monoisotopic (exact) mass is 301 g/mol. The molecule has 0 saturated carbocycles. The van der Waals surface area contributed by atoms with Crippen LogP contribution in [0.2, 0.25) is 0 Å². The van der Waals surface area contributed by atoms with Crippen LogP contribution >= 0.6 is 0 Å². The van der Waals surface area contributed by atoms with Crippen molar-refractivity contribution in [3.05, 3.63) is 47.8 Å². The predicted octanol–water partition coefficient (Wildman–Crippen LogP) is 2.72. The van der Waals surface area contributed by atoms with Crippen molar-refractivity contribution in [2.75, 3.05) is 11.9 Å². The number of amides is 1. The second-order valence-electron chi connectivity index (χ2n) is 4.72. The first-order chi connectivity index (χ1) is 10.6. The van der Waals surface area contributed by atoms with Gasteiger partial charge in [0.05, 0.1) is 12.2 Å². The Kier molecular flexibility index (Phi) is 5.30. The van der Waals surface area contributed by atoms with E-state index in [4.69, 9.17) is 4.74 Å². The Morgan fingerprint density at radius 3 is 2.50 bits per heavy atom. The summed E-state index contributed by atoms with van der Waals surface area (Å²) in [6.45, 7) is 5.00. The van der Waals surface area contributed by atoms with E-state index >= 15 is 0 Å². The number of benzene rings is 1. The largest absolute Gasteiger partial charge is 0.462 e. The zero-order valence-electron chi connectivity index (χ0n) is 12.7. The van der Waals surface area contributed by atoms with E-state index in [1.54, 1.807) is 41.2 Å². The summed E-state index contributed by atoms with van der Waals surface area (Å²) in [5.41, 5.74) is 1.41. The zero-order valence-corrected chi connectivity index (χ0v) is 12.7. The fourth-order valence-corrected chi connectivity index (χ4v) is 1.82. The van der Waals surface area contributed by atoms with Gasteiger partial charge in [-0.2, -0.15) is 5.10 Å². The van der Waals surface area contributed by atoms with E-state index in [9.17, 15) is 9.59 Å². The van der Waals surface area contributed by atoms with E-state index in [0.29, 0.717) is 30.1 Å². The van der Waals surface area contributed by atoms with E-state index in [2.05, 4.69) is 10.4 Å². The number of hydrogen-bond acceptors (Lipinski definition) is 4. The lowest BCUT2D eigenvalue weighted by Gasteiger charge is -2.06. The van der Waals surface area contributed by atoms with Crippen LogP contribution in [0.25, 0.3) is 0 Å². The zero-order chi connectivity index (χ0) is 15.9. The van der Waals surface area contributed by atoms with Gasteiger partial charge in [0.1, 0.15) is 0 Å². The SMILES string of the molecule is CCCOC(=O)c1ccc(NC(=O)c2ccn(CC)n2)cc1. The molecule has 0 atom stereocenters. The van der Waals surface area contributed by atoms with Gasteiger partial charge in [-0.15, -0.1) is 0 Å². The summed E-state index contributed by atoms with van der Waals surface area (Å²) in [6.07, 6.45) is 2.53. The van der Waals surface area contributed by atoms with Crippen molar-refractivity contribution in [1.29, 1.82) is 0 Å². The van der Waals surface area contributed by atoms with Gasteiger partial charge in [-0.05, 0) is 43.7 Å². The lowest BCUT2D eigenvalue weighted by Crippen LogP contribution is -2.13. The summed E-state index contributed by atoms with van der Waals surface area (Å²) in [5, 5.41) is 6.87. The first-order valence-corrected chi connectivity index (χ1v) is 7.26. The number of nitrogens with zero attached hydrogens (tertiary/aromatic N) is 2. The number of aryl methyl sites for hydroxylation is 1.